The van der Waals surface area contributed by atoms with Crippen molar-refractivity contribution in [2.75, 3.05) is 0 Å². The second kappa shape index (κ2) is 4.95. The maximum Gasteiger partial charge on any atom is 0.355 e. The number of Topliss-reactive ketones (excluding diaryl/α,β-unsaturated/α-hetero) is 1. The number of carbonyl (C=O) groups excluding carboxylic acids is 2. The van der Waals surface area contributed by atoms with Crippen molar-refractivity contribution in [2.45, 2.75) is 19.8 Å². The van der Waals surface area contributed by atoms with Crippen LogP contribution < -0.4 is 0 Å². The van der Waals surface area contributed by atoms with Crippen LogP contribution in [0.25, 0.3) is 0 Å². The number of aliphatic hydroxyl groups excluding tert-OH is 1. The van der Waals surface area contributed by atoms with Gasteiger partial charge in [0.05, 0.1) is 6.42 Å². The average Bonchev–Trinajstić information content (AvgIpc) is 2.35. The zero-order chi connectivity index (χ0) is 12.3. The highest BCUT2D eigenvalue weighted by Crippen LogP contribution is 2.22. The van der Waals surface area contributed by atoms with Gasteiger partial charge in [0.2, 0.25) is 0 Å². The summed E-state index contributed by atoms with van der Waals surface area (Å²) < 4.78 is 5.10. The smallest absolute Gasteiger partial charge is 0.355 e. The Labute approximate surface area is 100 Å². The van der Waals surface area contributed by atoms with Crippen LogP contribution in [-0.2, 0) is 4.42 Å². The minimum Gasteiger partial charge on any atom is -0.504 e. The Balaban J connectivity index is 2.06. The summed E-state index contributed by atoms with van der Waals surface area (Å²) in [4.78, 5) is 12.0. The average molecular weight is 231 g/mol. The molecule has 3 nitrogen and oxygen atoms in total. The lowest BCUT2D eigenvalue weighted by Crippen LogP contribution is -2.18. The van der Waals surface area contributed by atoms with Crippen molar-refractivity contribution in [3.8, 4) is 0 Å². The highest BCUT2D eigenvalue weighted by Gasteiger charge is 2.28. The molecule has 2 rings (SSSR count). The van der Waals surface area contributed by atoms with E-state index in [1.54, 1.807) is 12.1 Å². The third-order valence-electron chi connectivity index (χ3n) is 2.86. The van der Waals surface area contributed by atoms with E-state index in [1.165, 1.54) is 6.26 Å². The summed E-state index contributed by atoms with van der Waals surface area (Å²) in [5, 5.41) is 9.65. The van der Waals surface area contributed by atoms with Crippen LogP contribution in [0.1, 0.15) is 30.1 Å². The van der Waals surface area contributed by atoms with Crippen molar-refractivity contribution < 1.29 is 14.3 Å². The molecule has 1 N–H and O–H groups in total. The second-order valence-electron chi connectivity index (χ2n) is 4.26. The minimum absolute atomic E-state index is 0.0465. The fraction of sp³-hybridized carbons (Fsp3) is 0.286. The standard InChI is InChI=1S/C14H14O3/c1-10-7-12(14(16)9-17-10)8-13(15)11-5-3-2-4-6-11/h2-6,9,12H,7-8H2,1H3/p+1. The SMILES string of the molecule is CC1=[O+]C=C(O)C(CC(=O)c2ccccc2)C1. The van der Waals surface area contributed by atoms with E-state index in [2.05, 4.69) is 0 Å². The molecule has 0 saturated heterocycles. The fourth-order valence-corrected chi connectivity index (χ4v) is 1.90. The first-order chi connectivity index (χ1) is 8.16. The molecule has 1 unspecified atom stereocenters. The largest absolute Gasteiger partial charge is 0.504 e. The number of carbonyl (C=O) groups is 1. The normalized spacial score (nSPS) is 19.5. The third kappa shape index (κ3) is 2.81. The maximum atomic E-state index is 12.0. The van der Waals surface area contributed by atoms with Gasteiger partial charge in [-0.3, -0.25) is 4.79 Å². The van der Waals surface area contributed by atoms with Crippen LogP contribution in [0, 0.1) is 5.92 Å². The second-order valence-corrected chi connectivity index (χ2v) is 4.26. The molecule has 0 spiro atoms. The summed E-state index contributed by atoms with van der Waals surface area (Å²) in [6.07, 6.45) is 2.23. The predicted molar refractivity (Wildman–Crippen MR) is 64.9 cm³/mol. The van der Waals surface area contributed by atoms with E-state index < -0.39 is 0 Å². The summed E-state index contributed by atoms with van der Waals surface area (Å²) in [5.74, 6) is 0.871. The molecular weight excluding hydrogens is 216 g/mol. The molecule has 0 aliphatic carbocycles. The Morgan fingerprint density at radius 1 is 1.41 bits per heavy atom. The van der Waals surface area contributed by atoms with E-state index in [9.17, 15) is 9.90 Å². The first kappa shape index (κ1) is 11.6. The Morgan fingerprint density at radius 2 is 2.12 bits per heavy atom. The van der Waals surface area contributed by atoms with Gasteiger partial charge in [-0.15, -0.1) is 0 Å². The molecule has 0 radical (unpaired) electrons. The Morgan fingerprint density at radius 3 is 2.82 bits per heavy atom. The molecule has 3 heteroatoms. The Kier molecular flexibility index (Phi) is 3.38. The van der Waals surface area contributed by atoms with Gasteiger partial charge in [0.25, 0.3) is 0 Å². The lowest BCUT2D eigenvalue weighted by atomic mass is 9.92. The number of allylic oxidation sites excluding steroid dienone is 1. The van der Waals surface area contributed by atoms with Gasteiger partial charge < -0.3 is 5.11 Å². The van der Waals surface area contributed by atoms with Crippen molar-refractivity contribution in [1.82, 2.24) is 0 Å². The molecule has 0 aromatic heterocycles. The summed E-state index contributed by atoms with van der Waals surface area (Å²) >= 11 is 0. The van der Waals surface area contributed by atoms with Gasteiger partial charge in [-0.1, -0.05) is 30.3 Å². The van der Waals surface area contributed by atoms with Gasteiger partial charge in [-0.25, -0.2) is 4.42 Å². The quantitative estimate of drug-likeness (QED) is 0.642. The van der Waals surface area contributed by atoms with Gasteiger partial charge in [0, 0.05) is 24.8 Å². The number of hydrogen-bond acceptors (Lipinski definition) is 2. The molecule has 0 bridgehead atoms. The minimum atomic E-state index is -0.156. The van der Waals surface area contributed by atoms with Gasteiger partial charge in [-0.2, -0.15) is 0 Å². The predicted octanol–water partition coefficient (Wildman–Crippen LogP) is 2.80. The van der Waals surface area contributed by atoms with Crippen LogP contribution in [0.2, 0.25) is 0 Å². The van der Waals surface area contributed by atoms with Crippen LogP contribution in [0.3, 0.4) is 0 Å². The lowest BCUT2D eigenvalue weighted by molar-refractivity contribution is -0.382. The molecule has 0 saturated carbocycles. The number of ketones is 2. The first-order valence-corrected chi connectivity index (χ1v) is 5.63. The highest BCUT2D eigenvalue weighted by molar-refractivity contribution is 5.96. The topological polar surface area (TPSA) is 48.6 Å². The monoisotopic (exact) mass is 231 g/mol. The first-order valence-electron chi connectivity index (χ1n) is 5.63. The molecule has 1 aliphatic heterocycles. The van der Waals surface area contributed by atoms with Crippen molar-refractivity contribution in [2.24, 2.45) is 5.92 Å². The lowest BCUT2D eigenvalue weighted by Gasteiger charge is -2.12. The van der Waals surface area contributed by atoms with E-state index in [0.717, 1.165) is 5.78 Å². The molecule has 0 fully saturated rings. The van der Waals surface area contributed by atoms with Crippen molar-refractivity contribution >= 4 is 11.6 Å². The van der Waals surface area contributed by atoms with Crippen LogP contribution in [0.15, 0.2) is 42.4 Å². The van der Waals surface area contributed by atoms with Crippen LogP contribution in [0.4, 0.5) is 0 Å². The third-order valence-corrected chi connectivity index (χ3v) is 2.86. The van der Waals surface area contributed by atoms with Gasteiger partial charge in [0.1, 0.15) is 0 Å². The summed E-state index contributed by atoms with van der Waals surface area (Å²) in [6.45, 7) is 1.85. The molecule has 1 aliphatic rings. The zero-order valence-electron chi connectivity index (χ0n) is 9.72. The maximum absolute atomic E-state index is 12.0. The molecule has 1 atom stereocenters. The van der Waals surface area contributed by atoms with E-state index in [-0.39, 0.29) is 17.5 Å². The van der Waals surface area contributed by atoms with Crippen molar-refractivity contribution in [3.63, 3.8) is 0 Å². The van der Waals surface area contributed by atoms with E-state index >= 15 is 0 Å². The molecule has 88 valence electrons. The van der Waals surface area contributed by atoms with Crippen molar-refractivity contribution in [3.05, 3.63) is 47.9 Å². The molecule has 1 aromatic rings. The Bertz CT molecular complexity index is 472. The van der Waals surface area contributed by atoms with Crippen LogP contribution >= 0.6 is 0 Å². The number of rotatable bonds is 3. The molecule has 1 heterocycles. The molecular formula is C14H15O3+. The molecule has 0 amide bonds. The summed E-state index contributed by atoms with van der Waals surface area (Å²) in [6, 6.07) is 9.13. The zero-order valence-corrected chi connectivity index (χ0v) is 9.72. The summed E-state index contributed by atoms with van der Waals surface area (Å²) in [5.41, 5.74) is 0.685. The van der Waals surface area contributed by atoms with E-state index in [4.69, 9.17) is 4.42 Å². The number of benzene rings is 1. The van der Waals surface area contributed by atoms with Gasteiger partial charge in [-0.05, 0) is 0 Å². The van der Waals surface area contributed by atoms with Crippen LogP contribution in [-0.4, -0.2) is 16.7 Å². The number of aliphatic hydroxyl groups is 1. The molecule has 1 aromatic carbocycles. The van der Waals surface area contributed by atoms with Crippen LogP contribution in [0.5, 0.6) is 0 Å². The highest BCUT2D eigenvalue weighted by atomic mass is 16.4. The van der Waals surface area contributed by atoms with Gasteiger partial charge in [0.15, 0.2) is 11.5 Å². The molecule has 17 heavy (non-hydrogen) atoms. The fourth-order valence-electron chi connectivity index (χ4n) is 1.90. The Hall–Kier alpha value is -1.90. The number of hydrogen-bond donors (Lipinski definition) is 1. The van der Waals surface area contributed by atoms with Gasteiger partial charge >= 0.3 is 12.0 Å². The van der Waals surface area contributed by atoms with Crippen molar-refractivity contribution in [1.29, 1.82) is 0 Å². The van der Waals surface area contributed by atoms with E-state index in [1.807, 2.05) is 25.1 Å². The van der Waals surface area contributed by atoms with E-state index in [0.29, 0.717) is 18.4 Å². The summed E-state index contributed by atoms with van der Waals surface area (Å²) in [7, 11) is 0.